The first-order valence-corrected chi connectivity index (χ1v) is 6.50. The third-order valence-electron chi connectivity index (χ3n) is 3.28. The van der Waals surface area contributed by atoms with Crippen LogP contribution in [0.1, 0.15) is 55.3 Å². The largest absolute Gasteiger partial charge is 0.396 e. The first-order chi connectivity index (χ1) is 8.61. The number of amides is 1. The fraction of sp³-hybridized carbons (Fsp3) is 0.692. The number of hydrogen-bond acceptors (Lipinski definition) is 4. The van der Waals surface area contributed by atoms with Gasteiger partial charge in [0.2, 0.25) is 0 Å². The Morgan fingerprint density at radius 3 is 2.83 bits per heavy atom. The molecule has 1 amide bonds. The van der Waals surface area contributed by atoms with E-state index in [0.29, 0.717) is 23.8 Å². The average Bonchev–Trinajstić information content (AvgIpc) is 3.04. The molecule has 1 aliphatic rings. The highest BCUT2D eigenvalue weighted by Crippen LogP contribution is 2.34. The summed E-state index contributed by atoms with van der Waals surface area (Å²) in [6.45, 7) is 4.07. The lowest BCUT2D eigenvalue weighted by atomic mass is 10.1. The van der Waals surface area contributed by atoms with E-state index in [4.69, 9.17) is 9.63 Å². The van der Waals surface area contributed by atoms with Gasteiger partial charge in [-0.15, -0.1) is 0 Å². The van der Waals surface area contributed by atoms with E-state index < -0.39 is 0 Å². The first kappa shape index (κ1) is 13.1. The molecule has 1 aliphatic carbocycles. The number of rotatable bonds is 6. The summed E-state index contributed by atoms with van der Waals surface area (Å²) < 4.78 is 5.10. The molecule has 18 heavy (non-hydrogen) atoms. The van der Waals surface area contributed by atoms with Crippen LogP contribution in [-0.2, 0) is 0 Å². The summed E-state index contributed by atoms with van der Waals surface area (Å²) in [5.74, 6) is 1.23. The minimum absolute atomic E-state index is 0.0571. The topological polar surface area (TPSA) is 75.4 Å². The maximum atomic E-state index is 12.0. The minimum Gasteiger partial charge on any atom is -0.396 e. The molecule has 2 rings (SSSR count). The molecule has 1 fully saturated rings. The van der Waals surface area contributed by atoms with E-state index in [0.717, 1.165) is 12.8 Å². The van der Waals surface area contributed by atoms with Gasteiger partial charge in [-0.2, -0.15) is 0 Å². The summed E-state index contributed by atoms with van der Waals surface area (Å²) >= 11 is 0. The summed E-state index contributed by atoms with van der Waals surface area (Å²) in [6.07, 6.45) is 2.85. The zero-order chi connectivity index (χ0) is 13.1. The van der Waals surface area contributed by atoms with Gasteiger partial charge >= 0.3 is 0 Å². The van der Waals surface area contributed by atoms with Crippen LogP contribution in [0.3, 0.4) is 0 Å². The molecule has 1 atom stereocenters. The number of aromatic nitrogens is 1. The molecule has 1 saturated carbocycles. The molecule has 0 spiro atoms. The molecule has 5 nitrogen and oxygen atoms in total. The molecular weight excluding hydrogens is 232 g/mol. The second-order valence-electron chi connectivity index (χ2n) is 5.20. The Labute approximate surface area is 107 Å². The lowest BCUT2D eigenvalue weighted by Gasteiger charge is -2.15. The van der Waals surface area contributed by atoms with Gasteiger partial charge in [0.15, 0.2) is 5.69 Å². The SMILES string of the molecule is CC(C)c1cc(C(=O)NC(CCO)C2CC2)no1. The van der Waals surface area contributed by atoms with Gasteiger partial charge in [0.05, 0.1) is 0 Å². The van der Waals surface area contributed by atoms with E-state index in [1.54, 1.807) is 6.07 Å². The van der Waals surface area contributed by atoms with Gasteiger partial charge in [-0.3, -0.25) is 4.79 Å². The predicted molar refractivity (Wildman–Crippen MR) is 66.3 cm³/mol. The second kappa shape index (κ2) is 5.52. The summed E-state index contributed by atoms with van der Waals surface area (Å²) in [5.41, 5.74) is 0.322. The quantitative estimate of drug-likeness (QED) is 0.807. The molecule has 2 N–H and O–H groups in total. The van der Waals surface area contributed by atoms with Crippen LogP contribution in [0.4, 0.5) is 0 Å². The Kier molecular flexibility index (Phi) is 4.01. The number of aliphatic hydroxyl groups excluding tert-OH is 1. The number of carbonyl (C=O) groups excluding carboxylic acids is 1. The van der Waals surface area contributed by atoms with Crippen LogP contribution in [-0.4, -0.2) is 28.8 Å². The molecule has 100 valence electrons. The predicted octanol–water partition coefficient (Wildman–Crippen LogP) is 1.69. The van der Waals surface area contributed by atoms with Crippen LogP contribution in [0, 0.1) is 5.92 Å². The number of carbonyl (C=O) groups is 1. The molecule has 0 bridgehead atoms. The third kappa shape index (κ3) is 3.10. The Morgan fingerprint density at radius 2 is 2.33 bits per heavy atom. The molecular formula is C13H20N2O3. The third-order valence-corrected chi connectivity index (χ3v) is 3.28. The molecule has 0 aliphatic heterocycles. The fourth-order valence-corrected chi connectivity index (χ4v) is 1.97. The number of nitrogens with one attached hydrogen (secondary N) is 1. The summed E-state index contributed by atoms with van der Waals surface area (Å²) in [7, 11) is 0. The van der Waals surface area contributed by atoms with Crippen LogP contribution < -0.4 is 5.32 Å². The van der Waals surface area contributed by atoms with E-state index in [2.05, 4.69) is 10.5 Å². The van der Waals surface area contributed by atoms with Gasteiger partial charge in [-0.25, -0.2) is 0 Å². The Balaban J connectivity index is 1.96. The van der Waals surface area contributed by atoms with Crippen LogP contribution >= 0.6 is 0 Å². The Hall–Kier alpha value is -1.36. The molecule has 0 saturated heterocycles. The highest BCUT2D eigenvalue weighted by molar-refractivity contribution is 5.92. The monoisotopic (exact) mass is 252 g/mol. The minimum atomic E-state index is -0.212. The van der Waals surface area contributed by atoms with Crippen LogP contribution in [0.15, 0.2) is 10.6 Å². The maximum Gasteiger partial charge on any atom is 0.273 e. The molecule has 1 aromatic heterocycles. The molecule has 1 unspecified atom stereocenters. The van der Waals surface area contributed by atoms with Crippen molar-refractivity contribution in [2.75, 3.05) is 6.61 Å². The normalized spacial score (nSPS) is 16.9. The van der Waals surface area contributed by atoms with Gasteiger partial charge in [-0.05, 0) is 25.2 Å². The number of nitrogens with zero attached hydrogens (tertiary/aromatic N) is 1. The Morgan fingerprint density at radius 1 is 1.61 bits per heavy atom. The van der Waals surface area contributed by atoms with Gasteiger partial charge < -0.3 is 14.9 Å². The van der Waals surface area contributed by atoms with E-state index in [-0.39, 0.29) is 24.5 Å². The van der Waals surface area contributed by atoms with Crippen molar-refractivity contribution in [3.05, 3.63) is 17.5 Å². The van der Waals surface area contributed by atoms with Gasteiger partial charge in [0.1, 0.15) is 5.76 Å². The highest BCUT2D eigenvalue weighted by atomic mass is 16.5. The summed E-state index contributed by atoms with van der Waals surface area (Å²) in [4.78, 5) is 12.0. The number of hydrogen-bond donors (Lipinski definition) is 2. The fourth-order valence-electron chi connectivity index (χ4n) is 1.97. The van der Waals surface area contributed by atoms with Crippen LogP contribution in [0.25, 0.3) is 0 Å². The van der Waals surface area contributed by atoms with Crippen molar-refractivity contribution in [1.29, 1.82) is 0 Å². The van der Waals surface area contributed by atoms with E-state index >= 15 is 0 Å². The average molecular weight is 252 g/mol. The molecule has 1 heterocycles. The molecule has 0 aromatic carbocycles. The molecule has 1 aromatic rings. The van der Waals surface area contributed by atoms with Crippen LogP contribution in [0.5, 0.6) is 0 Å². The Bertz CT molecular complexity index is 410. The van der Waals surface area contributed by atoms with Crippen molar-refractivity contribution in [1.82, 2.24) is 10.5 Å². The van der Waals surface area contributed by atoms with Gasteiger partial charge in [-0.1, -0.05) is 19.0 Å². The summed E-state index contributed by atoms with van der Waals surface area (Å²) in [6, 6.07) is 1.74. The lowest BCUT2D eigenvalue weighted by molar-refractivity contribution is 0.0915. The van der Waals surface area contributed by atoms with Crippen molar-refractivity contribution < 1.29 is 14.4 Å². The van der Waals surface area contributed by atoms with Crippen LogP contribution in [0.2, 0.25) is 0 Å². The van der Waals surface area contributed by atoms with Crippen molar-refractivity contribution in [2.45, 2.75) is 45.1 Å². The number of aliphatic hydroxyl groups is 1. The lowest BCUT2D eigenvalue weighted by Crippen LogP contribution is -2.37. The van der Waals surface area contributed by atoms with Crippen molar-refractivity contribution in [3.63, 3.8) is 0 Å². The van der Waals surface area contributed by atoms with Crippen molar-refractivity contribution >= 4 is 5.91 Å². The zero-order valence-electron chi connectivity index (χ0n) is 10.8. The molecule has 5 heteroatoms. The van der Waals surface area contributed by atoms with E-state index in [9.17, 15) is 4.79 Å². The first-order valence-electron chi connectivity index (χ1n) is 6.50. The summed E-state index contributed by atoms with van der Waals surface area (Å²) in [5, 5.41) is 15.7. The second-order valence-corrected chi connectivity index (χ2v) is 5.20. The van der Waals surface area contributed by atoms with Gasteiger partial charge in [0.25, 0.3) is 5.91 Å². The highest BCUT2D eigenvalue weighted by Gasteiger charge is 2.32. The standard InChI is InChI=1S/C13H20N2O3/c1-8(2)12-7-11(15-18-12)13(17)14-10(5-6-16)9-3-4-9/h7-10,16H,3-6H2,1-2H3,(H,14,17). The van der Waals surface area contributed by atoms with Crippen molar-refractivity contribution in [2.24, 2.45) is 5.92 Å². The zero-order valence-corrected chi connectivity index (χ0v) is 10.8. The van der Waals surface area contributed by atoms with Crippen molar-refractivity contribution in [3.8, 4) is 0 Å². The molecule has 0 radical (unpaired) electrons. The van der Waals surface area contributed by atoms with E-state index in [1.807, 2.05) is 13.8 Å². The van der Waals surface area contributed by atoms with Gasteiger partial charge in [0, 0.05) is 24.6 Å². The maximum absolute atomic E-state index is 12.0. The van der Waals surface area contributed by atoms with E-state index in [1.165, 1.54) is 0 Å². The smallest absolute Gasteiger partial charge is 0.273 e.